The number of imidazole rings is 1. The van der Waals surface area contributed by atoms with Gasteiger partial charge in [-0.1, -0.05) is 0 Å². The highest BCUT2D eigenvalue weighted by molar-refractivity contribution is 5.96. The molecule has 2 N–H and O–H groups in total. The highest BCUT2D eigenvalue weighted by atomic mass is 16.6. The van der Waals surface area contributed by atoms with Gasteiger partial charge in [-0.25, -0.2) is 4.98 Å². The molecule has 2 unspecified atom stereocenters. The average molecular weight is 399 g/mol. The number of benzene rings is 1. The summed E-state index contributed by atoms with van der Waals surface area (Å²) in [6.45, 7) is 1.15. The van der Waals surface area contributed by atoms with Gasteiger partial charge in [0.1, 0.15) is 17.6 Å². The third-order valence-electron chi connectivity index (χ3n) is 5.71. The Balaban J connectivity index is 1.55. The summed E-state index contributed by atoms with van der Waals surface area (Å²) in [5.74, 6) is 0.240. The van der Waals surface area contributed by atoms with Crippen molar-refractivity contribution in [3.05, 3.63) is 52.1 Å². The zero-order valence-corrected chi connectivity index (χ0v) is 16.3. The topological polar surface area (TPSA) is 114 Å². The van der Waals surface area contributed by atoms with Gasteiger partial charge in [0.25, 0.3) is 11.6 Å². The molecule has 9 heteroatoms. The number of aliphatic hydroxyl groups is 1. The van der Waals surface area contributed by atoms with Crippen molar-refractivity contribution in [1.29, 1.82) is 0 Å². The molecule has 0 spiro atoms. The highest BCUT2D eigenvalue weighted by Gasteiger charge is 2.32. The van der Waals surface area contributed by atoms with Crippen molar-refractivity contribution >= 4 is 17.3 Å². The molecule has 2 heterocycles. The van der Waals surface area contributed by atoms with Crippen molar-refractivity contribution in [1.82, 2.24) is 14.9 Å². The van der Waals surface area contributed by atoms with Gasteiger partial charge >= 0.3 is 0 Å². The van der Waals surface area contributed by atoms with Crippen LogP contribution in [0.2, 0.25) is 0 Å². The van der Waals surface area contributed by atoms with Gasteiger partial charge in [-0.15, -0.1) is 0 Å². The van der Waals surface area contributed by atoms with Gasteiger partial charge in [0.05, 0.1) is 4.92 Å². The summed E-state index contributed by atoms with van der Waals surface area (Å²) in [6.07, 6.45) is 6.25. The molecule has 2 aliphatic rings. The maximum atomic E-state index is 12.3. The Morgan fingerprint density at radius 3 is 2.83 bits per heavy atom. The third kappa shape index (κ3) is 4.09. The molecular weight excluding hydrogens is 374 g/mol. The van der Waals surface area contributed by atoms with Crippen molar-refractivity contribution in [3.63, 3.8) is 0 Å². The lowest BCUT2D eigenvalue weighted by molar-refractivity contribution is -0.384. The summed E-state index contributed by atoms with van der Waals surface area (Å²) < 4.78 is 1.79. The predicted molar refractivity (Wildman–Crippen MR) is 107 cm³/mol. The number of nitro benzene ring substituents is 1. The molecular formula is C20H25N5O4. The van der Waals surface area contributed by atoms with Crippen molar-refractivity contribution < 1.29 is 14.8 Å². The van der Waals surface area contributed by atoms with Crippen LogP contribution in [0.4, 0.5) is 11.4 Å². The quantitative estimate of drug-likeness (QED) is 0.568. The zero-order valence-electron chi connectivity index (χ0n) is 16.3. The van der Waals surface area contributed by atoms with Gasteiger partial charge in [0.15, 0.2) is 0 Å². The first-order chi connectivity index (χ1) is 13.9. The Labute approximate surface area is 168 Å². The van der Waals surface area contributed by atoms with Gasteiger partial charge in [-0.3, -0.25) is 14.9 Å². The molecule has 2 fully saturated rings. The summed E-state index contributed by atoms with van der Waals surface area (Å²) in [5, 5.41) is 25.3. The molecule has 0 radical (unpaired) electrons. The molecule has 1 aromatic heterocycles. The van der Waals surface area contributed by atoms with Gasteiger partial charge in [0, 0.05) is 56.1 Å². The largest absolute Gasteiger partial charge is 0.385 e. The van der Waals surface area contributed by atoms with Crippen molar-refractivity contribution in [2.75, 3.05) is 18.0 Å². The van der Waals surface area contributed by atoms with Gasteiger partial charge in [-0.05, 0) is 37.8 Å². The summed E-state index contributed by atoms with van der Waals surface area (Å²) in [6, 6.07) is 4.83. The molecule has 1 saturated carbocycles. The number of amides is 1. The number of nitro groups is 1. The van der Waals surface area contributed by atoms with Crippen LogP contribution in [0.25, 0.3) is 0 Å². The summed E-state index contributed by atoms with van der Waals surface area (Å²) in [7, 11) is 1.84. The fourth-order valence-corrected chi connectivity index (χ4v) is 3.93. The molecule has 1 saturated heterocycles. The fraction of sp³-hybridized carbons (Fsp3) is 0.500. The number of aryl methyl sites for hydroxylation is 1. The minimum absolute atomic E-state index is 0.0812. The van der Waals surface area contributed by atoms with E-state index in [1.54, 1.807) is 29.1 Å². The highest BCUT2D eigenvalue weighted by Crippen LogP contribution is 2.36. The Kier molecular flexibility index (Phi) is 5.23. The van der Waals surface area contributed by atoms with Gasteiger partial charge < -0.3 is 19.9 Å². The summed E-state index contributed by atoms with van der Waals surface area (Å²) in [4.78, 5) is 29.7. The number of hydrogen-bond donors (Lipinski definition) is 2. The SMILES string of the molecule is Cn1ccnc1C(O)C1CCCN(c2ccc(C(=O)NC3CC3)cc2[N+](=O)[O-])C1. The van der Waals surface area contributed by atoms with Crippen molar-refractivity contribution in [3.8, 4) is 0 Å². The molecule has 9 nitrogen and oxygen atoms in total. The van der Waals surface area contributed by atoms with E-state index in [0.717, 1.165) is 25.7 Å². The molecule has 2 atom stereocenters. The Morgan fingerprint density at radius 1 is 1.38 bits per heavy atom. The van der Waals surface area contributed by atoms with E-state index in [2.05, 4.69) is 10.3 Å². The number of aromatic nitrogens is 2. The second-order valence-electron chi connectivity index (χ2n) is 7.90. The van der Waals surface area contributed by atoms with Crippen LogP contribution in [0, 0.1) is 16.0 Å². The number of rotatable bonds is 6. The first-order valence-corrected chi connectivity index (χ1v) is 9.93. The number of carbonyl (C=O) groups excluding carboxylic acids is 1. The maximum absolute atomic E-state index is 12.3. The average Bonchev–Trinajstić information content (AvgIpc) is 3.44. The number of nitrogens with one attached hydrogen (secondary N) is 1. The van der Waals surface area contributed by atoms with Crippen LogP contribution in [-0.2, 0) is 7.05 Å². The number of aliphatic hydroxyl groups excluding tert-OH is 1. The lowest BCUT2D eigenvalue weighted by atomic mass is 9.91. The number of piperidine rings is 1. The summed E-state index contributed by atoms with van der Waals surface area (Å²) >= 11 is 0. The van der Waals surface area contributed by atoms with Crippen LogP contribution in [0.1, 0.15) is 48.0 Å². The monoisotopic (exact) mass is 399 g/mol. The fourth-order valence-electron chi connectivity index (χ4n) is 3.93. The molecule has 0 bridgehead atoms. The first kappa shape index (κ1) is 19.4. The van der Waals surface area contributed by atoms with Gasteiger partial charge in [0.2, 0.25) is 0 Å². The molecule has 1 aliphatic heterocycles. The van der Waals surface area contributed by atoms with Crippen molar-refractivity contribution in [2.24, 2.45) is 13.0 Å². The van der Waals surface area contributed by atoms with Crippen LogP contribution < -0.4 is 10.2 Å². The van der Waals surface area contributed by atoms with E-state index < -0.39 is 11.0 Å². The van der Waals surface area contributed by atoms with E-state index >= 15 is 0 Å². The molecule has 1 amide bonds. The van der Waals surface area contributed by atoms with E-state index in [9.17, 15) is 20.0 Å². The Hall–Kier alpha value is -2.94. The van der Waals surface area contributed by atoms with Crippen LogP contribution in [0.3, 0.4) is 0 Å². The third-order valence-corrected chi connectivity index (χ3v) is 5.71. The van der Waals surface area contributed by atoms with Crippen LogP contribution in [0.15, 0.2) is 30.6 Å². The van der Waals surface area contributed by atoms with E-state index in [-0.39, 0.29) is 23.6 Å². The predicted octanol–water partition coefficient (Wildman–Crippen LogP) is 2.17. The number of carbonyl (C=O) groups is 1. The minimum Gasteiger partial charge on any atom is -0.385 e. The van der Waals surface area contributed by atoms with E-state index in [1.165, 1.54) is 6.07 Å². The number of hydrogen-bond acceptors (Lipinski definition) is 6. The lowest BCUT2D eigenvalue weighted by Gasteiger charge is -2.36. The Morgan fingerprint density at radius 2 is 2.17 bits per heavy atom. The molecule has 2 aromatic rings. The second-order valence-corrected chi connectivity index (χ2v) is 7.90. The zero-order chi connectivity index (χ0) is 20.5. The maximum Gasteiger partial charge on any atom is 0.293 e. The van der Waals surface area contributed by atoms with E-state index in [4.69, 9.17) is 0 Å². The summed E-state index contributed by atoms with van der Waals surface area (Å²) in [5.41, 5.74) is 0.698. The molecule has 154 valence electrons. The number of nitrogens with zero attached hydrogens (tertiary/aromatic N) is 4. The van der Waals surface area contributed by atoms with E-state index in [1.807, 2.05) is 11.9 Å². The lowest BCUT2D eigenvalue weighted by Crippen LogP contribution is -2.38. The smallest absolute Gasteiger partial charge is 0.293 e. The Bertz CT molecular complexity index is 923. The van der Waals surface area contributed by atoms with Gasteiger partial charge in [-0.2, -0.15) is 0 Å². The minimum atomic E-state index is -0.736. The molecule has 4 rings (SSSR count). The normalized spacial score (nSPS) is 20.3. The molecule has 1 aliphatic carbocycles. The van der Waals surface area contributed by atoms with Crippen LogP contribution in [0.5, 0.6) is 0 Å². The van der Waals surface area contributed by atoms with Crippen LogP contribution in [-0.4, -0.2) is 44.6 Å². The molecule has 1 aromatic carbocycles. The standard InChI is InChI=1S/C20H25N5O4/c1-23-10-8-21-19(23)18(26)14-3-2-9-24(12-14)16-7-4-13(11-17(16)25(28)29)20(27)22-15-5-6-15/h4,7-8,10-11,14-15,18,26H,2-3,5-6,9,12H2,1H3,(H,22,27). The first-order valence-electron chi connectivity index (χ1n) is 9.93. The van der Waals surface area contributed by atoms with Crippen molar-refractivity contribution in [2.45, 2.75) is 37.8 Å². The molecule has 29 heavy (non-hydrogen) atoms. The number of anilines is 1. The van der Waals surface area contributed by atoms with Crippen LogP contribution >= 0.6 is 0 Å². The second kappa shape index (κ2) is 7.82. The van der Waals surface area contributed by atoms with E-state index in [0.29, 0.717) is 30.2 Å².